The Kier molecular flexibility index (Phi) is 5.11. The van der Waals surface area contributed by atoms with Gasteiger partial charge in [0.25, 0.3) is 0 Å². The van der Waals surface area contributed by atoms with Gasteiger partial charge in [-0.05, 0) is 25.5 Å². The molecule has 0 bridgehead atoms. The molecule has 2 rings (SSSR count). The van der Waals surface area contributed by atoms with Crippen LogP contribution in [-0.2, 0) is 0 Å². The number of hydrogen-bond donors (Lipinski definition) is 2. The molecule has 1 aliphatic carbocycles. The van der Waals surface area contributed by atoms with Gasteiger partial charge in [0, 0.05) is 23.9 Å². The van der Waals surface area contributed by atoms with Crippen LogP contribution in [0.15, 0.2) is 12.4 Å². The molecular weight excluding hydrogens is 244 g/mol. The molecule has 0 amide bonds. The minimum atomic E-state index is 0.555. The lowest BCUT2D eigenvalue weighted by Crippen LogP contribution is -2.26. The van der Waals surface area contributed by atoms with Crippen molar-refractivity contribution in [2.45, 2.75) is 44.4 Å². The molecule has 2 atom stereocenters. The minimum Gasteiger partial charge on any atom is -0.370 e. The average molecular weight is 266 g/mol. The van der Waals surface area contributed by atoms with Crippen molar-refractivity contribution in [3.05, 3.63) is 12.4 Å². The van der Waals surface area contributed by atoms with Crippen LogP contribution in [0.3, 0.4) is 0 Å². The molecule has 1 saturated carbocycles. The van der Waals surface area contributed by atoms with E-state index in [9.17, 15) is 0 Å². The summed E-state index contributed by atoms with van der Waals surface area (Å²) in [6, 6.07) is 2.55. The van der Waals surface area contributed by atoms with Crippen molar-refractivity contribution < 1.29 is 0 Å². The molecule has 1 aromatic heterocycles. The first kappa shape index (κ1) is 13.5. The average Bonchev–Trinajstić information content (AvgIpc) is 2.78. The Morgan fingerprint density at radius 2 is 2.11 bits per heavy atom. The first-order chi connectivity index (χ1) is 8.83. The van der Waals surface area contributed by atoms with Crippen molar-refractivity contribution in [3.8, 4) is 0 Å². The Hall–Kier alpha value is -0.970. The smallest absolute Gasteiger partial charge is 0.131 e. The third kappa shape index (κ3) is 3.51. The molecule has 100 valence electrons. The lowest BCUT2D eigenvalue weighted by atomic mass is 10.2. The summed E-state index contributed by atoms with van der Waals surface area (Å²) in [7, 11) is 0. The Morgan fingerprint density at radius 1 is 1.28 bits per heavy atom. The summed E-state index contributed by atoms with van der Waals surface area (Å²) in [4.78, 5) is 8.50. The SMILES string of the molecule is CCNc1cc(NC2CCCC2SCC)ncn1. The van der Waals surface area contributed by atoms with E-state index in [1.54, 1.807) is 6.33 Å². The fourth-order valence-corrected chi connectivity index (χ4v) is 3.61. The van der Waals surface area contributed by atoms with Crippen LogP contribution in [0.1, 0.15) is 33.1 Å². The van der Waals surface area contributed by atoms with Gasteiger partial charge in [-0.2, -0.15) is 11.8 Å². The molecule has 4 nitrogen and oxygen atoms in total. The number of hydrogen-bond acceptors (Lipinski definition) is 5. The van der Waals surface area contributed by atoms with Crippen LogP contribution >= 0.6 is 11.8 Å². The Balaban J connectivity index is 1.97. The zero-order valence-corrected chi connectivity index (χ0v) is 12.0. The molecule has 0 aliphatic heterocycles. The van der Waals surface area contributed by atoms with Crippen molar-refractivity contribution in [2.24, 2.45) is 0 Å². The summed E-state index contributed by atoms with van der Waals surface area (Å²) in [6.07, 6.45) is 5.51. The van der Waals surface area contributed by atoms with E-state index in [2.05, 4.69) is 46.2 Å². The topological polar surface area (TPSA) is 49.8 Å². The van der Waals surface area contributed by atoms with Crippen LogP contribution in [-0.4, -0.2) is 33.6 Å². The Morgan fingerprint density at radius 3 is 2.89 bits per heavy atom. The van der Waals surface area contributed by atoms with Crippen LogP contribution in [0.25, 0.3) is 0 Å². The van der Waals surface area contributed by atoms with E-state index in [-0.39, 0.29) is 0 Å². The predicted molar refractivity (Wildman–Crippen MR) is 79.4 cm³/mol. The van der Waals surface area contributed by atoms with Crippen molar-refractivity contribution in [3.63, 3.8) is 0 Å². The van der Waals surface area contributed by atoms with Gasteiger partial charge >= 0.3 is 0 Å². The predicted octanol–water partition coefficient (Wildman–Crippen LogP) is 2.99. The van der Waals surface area contributed by atoms with E-state index in [0.717, 1.165) is 23.4 Å². The van der Waals surface area contributed by atoms with Gasteiger partial charge in [0.05, 0.1) is 0 Å². The molecule has 2 N–H and O–H groups in total. The van der Waals surface area contributed by atoms with E-state index in [1.807, 2.05) is 6.07 Å². The molecule has 1 heterocycles. The summed E-state index contributed by atoms with van der Waals surface area (Å²) in [6.45, 7) is 5.18. The van der Waals surface area contributed by atoms with Gasteiger partial charge in [-0.15, -0.1) is 0 Å². The fourth-order valence-electron chi connectivity index (χ4n) is 2.41. The van der Waals surface area contributed by atoms with Crippen LogP contribution in [0.5, 0.6) is 0 Å². The third-order valence-electron chi connectivity index (χ3n) is 3.19. The van der Waals surface area contributed by atoms with Gasteiger partial charge in [-0.25, -0.2) is 9.97 Å². The maximum atomic E-state index is 4.31. The first-order valence-corrected chi connectivity index (χ1v) is 7.82. The molecular formula is C13H22N4S. The van der Waals surface area contributed by atoms with Crippen molar-refractivity contribution in [2.75, 3.05) is 22.9 Å². The Labute approximate surface area is 113 Å². The normalized spacial score (nSPS) is 23.0. The third-order valence-corrected chi connectivity index (χ3v) is 4.52. The quantitative estimate of drug-likeness (QED) is 0.829. The lowest BCUT2D eigenvalue weighted by molar-refractivity contribution is 0.762. The van der Waals surface area contributed by atoms with Crippen LogP contribution in [0, 0.1) is 0 Å². The van der Waals surface area contributed by atoms with Crippen LogP contribution < -0.4 is 10.6 Å². The molecule has 5 heteroatoms. The highest BCUT2D eigenvalue weighted by atomic mass is 32.2. The largest absolute Gasteiger partial charge is 0.370 e. The van der Waals surface area contributed by atoms with Gasteiger partial charge in [0.15, 0.2) is 0 Å². The summed E-state index contributed by atoms with van der Waals surface area (Å²) < 4.78 is 0. The van der Waals surface area contributed by atoms with E-state index in [4.69, 9.17) is 0 Å². The second kappa shape index (κ2) is 6.83. The molecule has 0 aromatic carbocycles. The molecule has 18 heavy (non-hydrogen) atoms. The zero-order valence-electron chi connectivity index (χ0n) is 11.1. The van der Waals surface area contributed by atoms with Gasteiger partial charge in [0.1, 0.15) is 18.0 Å². The standard InChI is InChI=1S/C13H22N4S/c1-3-14-12-8-13(16-9-15-12)17-10-6-5-7-11(10)18-4-2/h8-11H,3-7H2,1-2H3,(H2,14,15,16,17). The number of aromatic nitrogens is 2. The first-order valence-electron chi connectivity index (χ1n) is 6.77. The molecule has 0 spiro atoms. The highest BCUT2D eigenvalue weighted by Gasteiger charge is 2.27. The van der Waals surface area contributed by atoms with Crippen molar-refractivity contribution >= 4 is 23.4 Å². The lowest BCUT2D eigenvalue weighted by Gasteiger charge is -2.20. The maximum Gasteiger partial charge on any atom is 0.131 e. The number of nitrogens with one attached hydrogen (secondary N) is 2. The summed E-state index contributed by atoms with van der Waals surface area (Å²) in [5, 5.41) is 7.50. The van der Waals surface area contributed by atoms with E-state index in [1.165, 1.54) is 25.0 Å². The molecule has 1 aromatic rings. The number of nitrogens with zero attached hydrogens (tertiary/aromatic N) is 2. The number of thioether (sulfide) groups is 1. The van der Waals surface area contributed by atoms with E-state index < -0.39 is 0 Å². The van der Waals surface area contributed by atoms with E-state index in [0.29, 0.717) is 6.04 Å². The van der Waals surface area contributed by atoms with Crippen LogP contribution in [0.4, 0.5) is 11.6 Å². The Bertz CT molecular complexity index is 372. The van der Waals surface area contributed by atoms with Gasteiger partial charge in [-0.1, -0.05) is 13.3 Å². The second-order valence-corrected chi connectivity index (χ2v) is 6.01. The molecule has 2 unspecified atom stereocenters. The molecule has 0 radical (unpaired) electrons. The highest BCUT2D eigenvalue weighted by molar-refractivity contribution is 7.99. The minimum absolute atomic E-state index is 0.555. The van der Waals surface area contributed by atoms with E-state index >= 15 is 0 Å². The summed E-state index contributed by atoms with van der Waals surface area (Å²) in [5.41, 5.74) is 0. The zero-order chi connectivity index (χ0) is 12.8. The highest BCUT2D eigenvalue weighted by Crippen LogP contribution is 2.31. The number of anilines is 2. The second-order valence-electron chi connectivity index (χ2n) is 4.49. The molecule has 1 aliphatic rings. The van der Waals surface area contributed by atoms with Crippen molar-refractivity contribution in [1.29, 1.82) is 0 Å². The molecule has 0 saturated heterocycles. The summed E-state index contributed by atoms with van der Waals surface area (Å²) in [5.74, 6) is 3.03. The van der Waals surface area contributed by atoms with Gasteiger partial charge in [0.2, 0.25) is 0 Å². The van der Waals surface area contributed by atoms with Crippen molar-refractivity contribution in [1.82, 2.24) is 9.97 Å². The fraction of sp³-hybridized carbons (Fsp3) is 0.692. The van der Waals surface area contributed by atoms with Gasteiger partial charge < -0.3 is 10.6 Å². The van der Waals surface area contributed by atoms with Gasteiger partial charge in [-0.3, -0.25) is 0 Å². The summed E-state index contributed by atoms with van der Waals surface area (Å²) >= 11 is 2.06. The maximum absolute atomic E-state index is 4.31. The van der Waals surface area contributed by atoms with Crippen LogP contribution in [0.2, 0.25) is 0 Å². The monoisotopic (exact) mass is 266 g/mol. The molecule has 1 fully saturated rings. The number of rotatable bonds is 6.